The van der Waals surface area contributed by atoms with Crippen molar-refractivity contribution < 1.29 is 4.74 Å². The zero-order valence-corrected chi connectivity index (χ0v) is 21.5. The summed E-state index contributed by atoms with van der Waals surface area (Å²) in [5.74, 6) is 1.19. The topological polar surface area (TPSA) is 15.7 Å². The van der Waals surface area contributed by atoms with Crippen LogP contribution in [0.2, 0.25) is 0 Å². The van der Waals surface area contributed by atoms with Crippen LogP contribution in [0.1, 0.15) is 73.6 Å². The largest absolute Gasteiger partial charge is 0.494 e. The highest BCUT2D eigenvalue weighted by Gasteiger charge is 2.20. The molecular formula is C32H40N2O. The smallest absolute Gasteiger partial charge is 0.122 e. The van der Waals surface area contributed by atoms with E-state index in [0.29, 0.717) is 6.61 Å². The monoisotopic (exact) mass is 468 g/mol. The van der Waals surface area contributed by atoms with Crippen molar-refractivity contribution in [3.63, 3.8) is 0 Å². The molecule has 0 atom stereocenters. The van der Waals surface area contributed by atoms with Gasteiger partial charge < -0.3 is 14.5 Å². The SMILES string of the molecule is CCOc1ccc(C(c2ccc(N3CCCCC3)cc2)c2ccc(N3CCCCC3)cc2)cc1C. The van der Waals surface area contributed by atoms with E-state index in [0.717, 1.165) is 5.75 Å². The van der Waals surface area contributed by atoms with Crippen LogP contribution in [-0.2, 0) is 0 Å². The number of piperidine rings is 2. The first kappa shape index (κ1) is 23.8. The van der Waals surface area contributed by atoms with E-state index >= 15 is 0 Å². The quantitative estimate of drug-likeness (QED) is 0.333. The standard InChI is InChI=1S/C32H40N2O/c1-3-35-31-19-14-28(24-25(31)2)32(26-10-15-29(16-11-26)33-20-6-4-7-21-33)27-12-17-30(18-13-27)34-22-8-5-9-23-34/h10-19,24,32H,3-9,20-23H2,1-2H3. The van der Waals surface area contributed by atoms with Crippen molar-refractivity contribution in [1.29, 1.82) is 0 Å². The highest BCUT2D eigenvalue weighted by molar-refractivity contribution is 5.55. The maximum absolute atomic E-state index is 5.84. The lowest BCUT2D eigenvalue weighted by Gasteiger charge is -2.30. The van der Waals surface area contributed by atoms with Gasteiger partial charge in [-0.15, -0.1) is 0 Å². The van der Waals surface area contributed by atoms with Crippen LogP contribution in [0.25, 0.3) is 0 Å². The van der Waals surface area contributed by atoms with E-state index in [1.165, 1.54) is 98.3 Å². The van der Waals surface area contributed by atoms with Gasteiger partial charge in [-0.3, -0.25) is 0 Å². The van der Waals surface area contributed by atoms with Crippen LogP contribution in [0.3, 0.4) is 0 Å². The Kier molecular flexibility index (Phi) is 7.61. The first-order valence-corrected chi connectivity index (χ1v) is 13.7. The summed E-state index contributed by atoms with van der Waals surface area (Å²) in [6.07, 6.45) is 7.94. The summed E-state index contributed by atoms with van der Waals surface area (Å²) in [5.41, 5.74) is 7.93. The number of anilines is 2. The first-order valence-electron chi connectivity index (χ1n) is 13.7. The molecule has 35 heavy (non-hydrogen) atoms. The van der Waals surface area contributed by atoms with Gasteiger partial charge in [0.25, 0.3) is 0 Å². The minimum atomic E-state index is 0.204. The third-order valence-corrected chi connectivity index (χ3v) is 7.73. The van der Waals surface area contributed by atoms with Crippen LogP contribution in [0, 0.1) is 6.92 Å². The van der Waals surface area contributed by atoms with Gasteiger partial charge in [0.2, 0.25) is 0 Å². The molecule has 0 unspecified atom stereocenters. The molecule has 2 fully saturated rings. The highest BCUT2D eigenvalue weighted by atomic mass is 16.5. The number of nitrogens with zero attached hydrogens (tertiary/aromatic N) is 2. The Bertz CT molecular complexity index is 1020. The molecule has 3 heteroatoms. The van der Waals surface area contributed by atoms with E-state index in [2.05, 4.69) is 83.5 Å². The first-order chi connectivity index (χ1) is 17.2. The molecule has 0 aromatic heterocycles. The van der Waals surface area contributed by atoms with Crippen molar-refractivity contribution >= 4 is 11.4 Å². The van der Waals surface area contributed by atoms with E-state index in [9.17, 15) is 0 Å². The predicted octanol–water partition coefficient (Wildman–Crippen LogP) is 7.55. The number of ether oxygens (including phenoxy) is 1. The average Bonchev–Trinajstić information content (AvgIpc) is 2.92. The molecule has 0 aliphatic carbocycles. The van der Waals surface area contributed by atoms with E-state index in [1.807, 2.05) is 6.92 Å². The summed E-state index contributed by atoms with van der Waals surface area (Å²) in [6.45, 7) is 9.61. The maximum atomic E-state index is 5.84. The van der Waals surface area contributed by atoms with Crippen LogP contribution in [0.4, 0.5) is 11.4 Å². The Balaban J connectivity index is 1.47. The average molecular weight is 469 g/mol. The molecule has 0 bridgehead atoms. The summed E-state index contributed by atoms with van der Waals surface area (Å²) >= 11 is 0. The molecule has 0 N–H and O–H groups in total. The molecule has 3 aromatic rings. The summed E-state index contributed by atoms with van der Waals surface area (Å²) < 4.78 is 5.84. The zero-order valence-electron chi connectivity index (χ0n) is 21.5. The minimum Gasteiger partial charge on any atom is -0.494 e. The fourth-order valence-corrected chi connectivity index (χ4v) is 5.81. The number of benzene rings is 3. The van der Waals surface area contributed by atoms with Crippen molar-refractivity contribution in [2.75, 3.05) is 42.6 Å². The van der Waals surface area contributed by atoms with Gasteiger partial charge in [-0.05, 0) is 105 Å². The van der Waals surface area contributed by atoms with Crippen LogP contribution < -0.4 is 14.5 Å². The molecular weight excluding hydrogens is 428 g/mol. The molecule has 0 saturated carbocycles. The van der Waals surface area contributed by atoms with Crippen molar-refractivity contribution in [3.8, 4) is 5.75 Å². The molecule has 5 rings (SSSR count). The van der Waals surface area contributed by atoms with E-state index < -0.39 is 0 Å². The molecule has 184 valence electrons. The molecule has 0 spiro atoms. The van der Waals surface area contributed by atoms with Crippen LogP contribution in [-0.4, -0.2) is 32.8 Å². The lowest BCUT2D eigenvalue weighted by Crippen LogP contribution is -2.29. The van der Waals surface area contributed by atoms with Crippen molar-refractivity contribution in [1.82, 2.24) is 0 Å². The summed E-state index contributed by atoms with van der Waals surface area (Å²) in [7, 11) is 0. The fraction of sp³-hybridized carbons (Fsp3) is 0.438. The second-order valence-corrected chi connectivity index (χ2v) is 10.2. The van der Waals surface area contributed by atoms with Gasteiger partial charge in [0.05, 0.1) is 6.61 Å². The molecule has 2 heterocycles. The molecule has 0 radical (unpaired) electrons. The molecule has 2 aliphatic heterocycles. The summed E-state index contributed by atoms with van der Waals surface area (Å²) in [4.78, 5) is 5.08. The second-order valence-electron chi connectivity index (χ2n) is 10.2. The van der Waals surface area contributed by atoms with Gasteiger partial charge in [0.1, 0.15) is 5.75 Å². The van der Waals surface area contributed by atoms with E-state index in [-0.39, 0.29) is 5.92 Å². The Morgan fingerprint density at radius 2 is 1.09 bits per heavy atom. The third kappa shape index (κ3) is 5.50. The van der Waals surface area contributed by atoms with Gasteiger partial charge in [-0.25, -0.2) is 0 Å². The summed E-state index contributed by atoms with van der Waals surface area (Å²) in [6, 6.07) is 25.4. The number of hydrogen-bond acceptors (Lipinski definition) is 3. The predicted molar refractivity (Wildman–Crippen MR) is 148 cm³/mol. The Hall–Kier alpha value is -2.94. The lowest BCUT2D eigenvalue weighted by molar-refractivity contribution is 0.338. The third-order valence-electron chi connectivity index (χ3n) is 7.73. The Labute approximate surface area is 211 Å². The van der Waals surface area contributed by atoms with Gasteiger partial charge >= 0.3 is 0 Å². The second kappa shape index (κ2) is 11.2. The molecule has 0 amide bonds. The van der Waals surface area contributed by atoms with Crippen molar-refractivity contribution in [2.24, 2.45) is 0 Å². The molecule has 2 saturated heterocycles. The summed E-state index contributed by atoms with van der Waals surface area (Å²) in [5, 5.41) is 0. The van der Waals surface area contributed by atoms with Crippen molar-refractivity contribution in [3.05, 3.63) is 89.0 Å². The fourth-order valence-electron chi connectivity index (χ4n) is 5.81. The van der Waals surface area contributed by atoms with Gasteiger partial charge in [-0.2, -0.15) is 0 Å². The molecule has 3 nitrogen and oxygen atoms in total. The van der Waals surface area contributed by atoms with Crippen LogP contribution >= 0.6 is 0 Å². The zero-order chi connectivity index (χ0) is 24.0. The normalized spacial score (nSPS) is 16.5. The van der Waals surface area contributed by atoms with Crippen LogP contribution in [0.15, 0.2) is 66.7 Å². The van der Waals surface area contributed by atoms with Crippen molar-refractivity contribution in [2.45, 2.75) is 58.3 Å². The number of aryl methyl sites for hydroxylation is 1. The number of rotatable bonds is 7. The van der Waals surface area contributed by atoms with Gasteiger partial charge in [0.15, 0.2) is 0 Å². The van der Waals surface area contributed by atoms with Gasteiger partial charge in [0, 0.05) is 43.5 Å². The molecule has 2 aliphatic rings. The Morgan fingerprint density at radius 1 is 0.629 bits per heavy atom. The Morgan fingerprint density at radius 3 is 1.51 bits per heavy atom. The highest BCUT2D eigenvalue weighted by Crippen LogP contribution is 2.36. The minimum absolute atomic E-state index is 0.204. The number of hydrogen-bond donors (Lipinski definition) is 0. The maximum Gasteiger partial charge on any atom is 0.122 e. The van der Waals surface area contributed by atoms with E-state index in [4.69, 9.17) is 4.74 Å². The van der Waals surface area contributed by atoms with Crippen LogP contribution in [0.5, 0.6) is 5.75 Å². The van der Waals surface area contributed by atoms with Gasteiger partial charge in [-0.1, -0.05) is 36.4 Å². The van der Waals surface area contributed by atoms with E-state index in [1.54, 1.807) is 0 Å². The molecule has 3 aromatic carbocycles. The lowest BCUT2D eigenvalue weighted by atomic mass is 9.84.